The van der Waals surface area contributed by atoms with E-state index in [0.717, 1.165) is 17.5 Å². The standard InChI is InChI=1S/C23H25ClN4O3/c1-2-19(13-29)26-23-25-11-10-20(28-23)15-6-8-16(9-7-15)22(31)27-21(14-30)17-4-3-5-18(24)12-17/h3-12,19,21,29-30H,2,13-14H2,1H3,(H,27,31)(H,25,26,28)/t19-,21?/m0/s1. The van der Waals surface area contributed by atoms with Gasteiger partial charge in [0.05, 0.1) is 31.0 Å². The maximum Gasteiger partial charge on any atom is 0.251 e. The SMILES string of the molecule is CC[C@@H](CO)Nc1nccc(-c2ccc(C(=O)NC(CO)c3cccc(Cl)c3)cc2)n1. The minimum atomic E-state index is -0.556. The molecule has 0 aliphatic carbocycles. The summed E-state index contributed by atoms with van der Waals surface area (Å²) in [4.78, 5) is 21.3. The number of rotatable bonds is 9. The highest BCUT2D eigenvalue weighted by Gasteiger charge is 2.16. The highest BCUT2D eigenvalue weighted by Crippen LogP contribution is 2.21. The fourth-order valence-electron chi connectivity index (χ4n) is 3.04. The van der Waals surface area contributed by atoms with Crippen molar-refractivity contribution in [1.82, 2.24) is 15.3 Å². The largest absolute Gasteiger partial charge is 0.394 e. The average molecular weight is 441 g/mol. The normalized spacial score (nSPS) is 12.8. The molecule has 3 rings (SSSR count). The van der Waals surface area contributed by atoms with Gasteiger partial charge in [0.15, 0.2) is 0 Å². The van der Waals surface area contributed by atoms with E-state index in [4.69, 9.17) is 11.6 Å². The first kappa shape index (κ1) is 22.7. The number of aliphatic hydroxyl groups is 2. The van der Waals surface area contributed by atoms with E-state index in [9.17, 15) is 15.0 Å². The Bertz CT molecular complexity index is 1010. The number of halogens is 1. The summed E-state index contributed by atoms with van der Waals surface area (Å²) in [6.45, 7) is 1.72. The number of aromatic nitrogens is 2. The van der Waals surface area contributed by atoms with Gasteiger partial charge in [-0.2, -0.15) is 0 Å². The van der Waals surface area contributed by atoms with Gasteiger partial charge in [0.1, 0.15) is 0 Å². The number of amides is 1. The van der Waals surface area contributed by atoms with Crippen LogP contribution in [0.4, 0.5) is 5.95 Å². The topological polar surface area (TPSA) is 107 Å². The summed E-state index contributed by atoms with van der Waals surface area (Å²) in [6, 6.07) is 15.2. The Labute approximate surface area is 186 Å². The van der Waals surface area contributed by atoms with Gasteiger partial charge in [0, 0.05) is 22.3 Å². The molecular formula is C23H25ClN4O3. The van der Waals surface area contributed by atoms with Crippen LogP contribution >= 0.6 is 11.6 Å². The summed E-state index contributed by atoms with van der Waals surface area (Å²) in [5.74, 6) is 0.136. The van der Waals surface area contributed by atoms with Crippen molar-refractivity contribution in [2.75, 3.05) is 18.5 Å². The second-order valence-corrected chi connectivity index (χ2v) is 7.47. The first-order valence-electron chi connectivity index (χ1n) is 10.0. The Morgan fingerprint density at radius 1 is 1.10 bits per heavy atom. The molecule has 2 atom stereocenters. The molecule has 4 N–H and O–H groups in total. The lowest BCUT2D eigenvalue weighted by molar-refractivity contribution is 0.0916. The Morgan fingerprint density at radius 3 is 2.52 bits per heavy atom. The van der Waals surface area contributed by atoms with Gasteiger partial charge in [-0.15, -0.1) is 0 Å². The van der Waals surface area contributed by atoms with Gasteiger partial charge >= 0.3 is 0 Å². The summed E-state index contributed by atoms with van der Waals surface area (Å²) in [5, 5.41) is 25.5. The van der Waals surface area contributed by atoms with Crippen LogP contribution in [0.5, 0.6) is 0 Å². The zero-order valence-corrected chi connectivity index (χ0v) is 17.9. The van der Waals surface area contributed by atoms with Crippen molar-refractivity contribution in [2.45, 2.75) is 25.4 Å². The van der Waals surface area contributed by atoms with Crippen LogP contribution in [0.15, 0.2) is 60.8 Å². The molecule has 3 aromatic rings. The molecule has 0 aliphatic rings. The van der Waals surface area contributed by atoms with Crippen LogP contribution in [0, 0.1) is 0 Å². The van der Waals surface area contributed by atoms with E-state index >= 15 is 0 Å². The lowest BCUT2D eigenvalue weighted by atomic mass is 10.1. The number of nitrogens with zero attached hydrogens (tertiary/aromatic N) is 2. The van der Waals surface area contributed by atoms with Gasteiger partial charge in [0.25, 0.3) is 5.91 Å². The molecule has 1 heterocycles. The van der Waals surface area contributed by atoms with E-state index in [0.29, 0.717) is 22.2 Å². The van der Waals surface area contributed by atoms with Gasteiger partial charge in [-0.05, 0) is 42.3 Å². The second kappa shape index (κ2) is 10.9. The predicted octanol–water partition coefficient (Wildman–Crippen LogP) is 3.44. The molecule has 2 aromatic carbocycles. The first-order chi connectivity index (χ1) is 15.0. The number of anilines is 1. The number of hydrogen-bond donors (Lipinski definition) is 4. The summed E-state index contributed by atoms with van der Waals surface area (Å²) in [5.41, 5.74) is 2.72. The van der Waals surface area contributed by atoms with Crippen LogP contribution < -0.4 is 10.6 Å². The van der Waals surface area contributed by atoms with E-state index in [1.165, 1.54) is 0 Å². The number of nitrogens with one attached hydrogen (secondary N) is 2. The Balaban J connectivity index is 1.71. The fraction of sp³-hybridized carbons (Fsp3) is 0.261. The summed E-state index contributed by atoms with van der Waals surface area (Å²) < 4.78 is 0. The molecule has 31 heavy (non-hydrogen) atoms. The van der Waals surface area contributed by atoms with Crippen LogP contribution in [-0.2, 0) is 0 Å². The van der Waals surface area contributed by atoms with Crippen LogP contribution in [-0.4, -0.2) is 45.3 Å². The van der Waals surface area contributed by atoms with E-state index in [1.54, 1.807) is 60.8 Å². The number of aliphatic hydroxyl groups excluding tert-OH is 2. The molecule has 0 spiro atoms. The molecule has 0 saturated carbocycles. The van der Waals surface area contributed by atoms with Crippen molar-refractivity contribution < 1.29 is 15.0 Å². The summed E-state index contributed by atoms with van der Waals surface area (Å²) >= 11 is 6.01. The van der Waals surface area contributed by atoms with Gasteiger partial charge in [-0.3, -0.25) is 4.79 Å². The van der Waals surface area contributed by atoms with Crippen molar-refractivity contribution in [1.29, 1.82) is 0 Å². The molecule has 0 saturated heterocycles. The lowest BCUT2D eigenvalue weighted by Gasteiger charge is -2.17. The summed E-state index contributed by atoms with van der Waals surface area (Å²) in [7, 11) is 0. The smallest absolute Gasteiger partial charge is 0.251 e. The molecule has 8 heteroatoms. The Kier molecular flexibility index (Phi) is 7.94. The van der Waals surface area contributed by atoms with Crippen molar-refractivity contribution in [3.05, 3.63) is 76.9 Å². The van der Waals surface area contributed by atoms with Crippen molar-refractivity contribution in [2.24, 2.45) is 0 Å². The van der Waals surface area contributed by atoms with Gasteiger partial charge in [0.2, 0.25) is 5.95 Å². The van der Waals surface area contributed by atoms with Gasteiger partial charge in [-0.1, -0.05) is 42.8 Å². The van der Waals surface area contributed by atoms with Crippen LogP contribution in [0.3, 0.4) is 0 Å². The van der Waals surface area contributed by atoms with E-state index in [1.807, 2.05) is 6.92 Å². The Morgan fingerprint density at radius 2 is 1.87 bits per heavy atom. The molecule has 1 unspecified atom stereocenters. The molecule has 0 aliphatic heterocycles. The van der Waals surface area contributed by atoms with Gasteiger partial charge in [-0.25, -0.2) is 9.97 Å². The highest BCUT2D eigenvalue weighted by molar-refractivity contribution is 6.30. The molecule has 162 valence electrons. The number of hydrogen-bond acceptors (Lipinski definition) is 6. The first-order valence-corrected chi connectivity index (χ1v) is 10.4. The maximum atomic E-state index is 12.6. The molecule has 0 bridgehead atoms. The van der Waals surface area contributed by atoms with Crippen LogP contribution in [0.25, 0.3) is 11.3 Å². The zero-order valence-electron chi connectivity index (χ0n) is 17.1. The molecule has 7 nitrogen and oxygen atoms in total. The fourth-order valence-corrected chi connectivity index (χ4v) is 3.24. The number of carbonyl (C=O) groups excluding carboxylic acids is 1. The highest BCUT2D eigenvalue weighted by atomic mass is 35.5. The average Bonchev–Trinajstić information content (AvgIpc) is 2.81. The van der Waals surface area contributed by atoms with Crippen LogP contribution in [0.2, 0.25) is 5.02 Å². The van der Waals surface area contributed by atoms with E-state index in [2.05, 4.69) is 20.6 Å². The van der Waals surface area contributed by atoms with Crippen molar-refractivity contribution in [3.8, 4) is 11.3 Å². The van der Waals surface area contributed by atoms with Gasteiger partial charge < -0.3 is 20.8 Å². The Hall–Kier alpha value is -3.00. The monoisotopic (exact) mass is 440 g/mol. The van der Waals surface area contributed by atoms with E-state index < -0.39 is 6.04 Å². The zero-order chi connectivity index (χ0) is 22.2. The number of benzene rings is 2. The molecule has 1 amide bonds. The van der Waals surface area contributed by atoms with Crippen molar-refractivity contribution >= 4 is 23.5 Å². The van der Waals surface area contributed by atoms with Crippen molar-refractivity contribution in [3.63, 3.8) is 0 Å². The molecule has 1 aromatic heterocycles. The quantitative estimate of drug-likeness (QED) is 0.406. The maximum absolute atomic E-state index is 12.6. The predicted molar refractivity (Wildman–Crippen MR) is 121 cm³/mol. The third-order valence-electron chi connectivity index (χ3n) is 4.88. The number of carbonyl (C=O) groups is 1. The third kappa shape index (κ3) is 6.01. The summed E-state index contributed by atoms with van der Waals surface area (Å²) in [6.07, 6.45) is 2.39. The minimum absolute atomic E-state index is 0.00207. The third-order valence-corrected chi connectivity index (χ3v) is 5.12. The molecule has 0 radical (unpaired) electrons. The molecular weight excluding hydrogens is 416 g/mol. The minimum Gasteiger partial charge on any atom is -0.394 e. The molecule has 0 fully saturated rings. The van der Waals surface area contributed by atoms with E-state index in [-0.39, 0.29) is 25.2 Å². The lowest BCUT2D eigenvalue weighted by Crippen LogP contribution is -2.30. The second-order valence-electron chi connectivity index (χ2n) is 7.04. The van der Waals surface area contributed by atoms with Crippen LogP contribution in [0.1, 0.15) is 35.3 Å².